The van der Waals surface area contributed by atoms with Crippen LogP contribution in [0.3, 0.4) is 0 Å². The van der Waals surface area contributed by atoms with Crippen LogP contribution in [0.5, 0.6) is 0 Å². The number of aromatic nitrogens is 2. The zero-order chi connectivity index (χ0) is 14.4. The van der Waals surface area contributed by atoms with Crippen LogP contribution in [0.15, 0.2) is 16.6 Å². The lowest BCUT2D eigenvalue weighted by atomic mass is 10.2. The highest BCUT2D eigenvalue weighted by molar-refractivity contribution is 9.10. The first-order valence-corrected chi connectivity index (χ1v) is 6.35. The van der Waals surface area contributed by atoms with E-state index in [1.165, 1.54) is 12.1 Å². The molecule has 102 valence electrons. The number of halogens is 2. The van der Waals surface area contributed by atoms with Gasteiger partial charge in [-0.25, -0.2) is 9.18 Å². The van der Waals surface area contributed by atoms with E-state index in [2.05, 4.69) is 21.0 Å². The van der Waals surface area contributed by atoms with E-state index in [9.17, 15) is 9.18 Å². The van der Waals surface area contributed by atoms with Crippen molar-refractivity contribution in [3.05, 3.63) is 22.4 Å². The quantitative estimate of drug-likeness (QED) is 0.805. The molecule has 0 radical (unpaired) electrons. The minimum Gasteiger partial charge on any atom is -0.442 e. The number of rotatable bonds is 0. The van der Waals surface area contributed by atoms with E-state index < -0.39 is 17.5 Å². The van der Waals surface area contributed by atoms with Crippen LogP contribution < -0.4 is 5.73 Å². The molecule has 0 atom stereocenters. The highest BCUT2D eigenvalue weighted by atomic mass is 79.9. The van der Waals surface area contributed by atoms with Gasteiger partial charge in [-0.15, -0.1) is 4.68 Å². The van der Waals surface area contributed by atoms with Crippen molar-refractivity contribution in [1.29, 1.82) is 0 Å². The minimum absolute atomic E-state index is 0.0515. The summed E-state index contributed by atoms with van der Waals surface area (Å²) in [6.45, 7) is 5.21. The molecule has 2 aromatic rings. The number of ether oxygens (including phenoxy) is 1. The Morgan fingerprint density at radius 2 is 2.11 bits per heavy atom. The molecule has 0 amide bonds. The molecule has 19 heavy (non-hydrogen) atoms. The highest BCUT2D eigenvalue weighted by Crippen LogP contribution is 2.27. The molecule has 1 heterocycles. The molecule has 0 saturated heterocycles. The van der Waals surface area contributed by atoms with Crippen LogP contribution in [0.4, 0.5) is 15.0 Å². The molecule has 0 aliphatic heterocycles. The van der Waals surface area contributed by atoms with Gasteiger partial charge in [-0.3, -0.25) is 0 Å². The zero-order valence-corrected chi connectivity index (χ0v) is 12.3. The third-order valence-electron chi connectivity index (χ3n) is 2.32. The lowest BCUT2D eigenvalue weighted by Gasteiger charge is -2.19. The SMILES string of the molecule is CC(C)(C)OC(=O)n1nc2cc(Br)c(F)cc2c1N. The Hall–Kier alpha value is -1.63. The van der Waals surface area contributed by atoms with Gasteiger partial charge in [0.25, 0.3) is 0 Å². The minimum atomic E-state index is -0.697. The molecule has 5 nitrogen and oxygen atoms in total. The van der Waals surface area contributed by atoms with E-state index >= 15 is 0 Å². The normalized spacial score (nSPS) is 11.8. The summed E-state index contributed by atoms with van der Waals surface area (Å²) in [5.74, 6) is -0.418. The van der Waals surface area contributed by atoms with Gasteiger partial charge in [0.2, 0.25) is 0 Å². The average Bonchev–Trinajstić information content (AvgIpc) is 2.55. The lowest BCUT2D eigenvalue weighted by molar-refractivity contribution is 0.0520. The Bertz CT molecular complexity index is 661. The maximum Gasteiger partial charge on any atom is 0.437 e. The van der Waals surface area contributed by atoms with Crippen LogP contribution in [-0.4, -0.2) is 21.5 Å². The van der Waals surface area contributed by atoms with Gasteiger partial charge in [0.1, 0.15) is 17.2 Å². The number of benzene rings is 1. The number of nitrogen functional groups attached to an aromatic ring is 1. The van der Waals surface area contributed by atoms with Gasteiger partial charge < -0.3 is 10.5 Å². The van der Waals surface area contributed by atoms with Crippen molar-refractivity contribution < 1.29 is 13.9 Å². The first-order valence-electron chi connectivity index (χ1n) is 5.55. The molecule has 7 heteroatoms. The van der Waals surface area contributed by atoms with Gasteiger partial charge in [0, 0.05) is 5.39 Å². The van der Waals surface area contributed by atoms with Crippen LogP contribution >= 0.6 is 15.9 Å². The van der Waals surface area contributed by atoms with Gasteiger partial charge in [0.05, 0.1) is 9.99 Å². The predicted molar refractivity (Wildman–Crippen MR) is 73.4 cm³/mol. The Labute approximate surface area is 117 Å². The van der Waals surface area contributed by atoms with Crippen molar-refractivity contribution in [3.8, 4) is 0 Å². The second-order valence-corrected chi connectivity index (χ2v) is 5.92. The van der Waals surface area contributed by atoms with E-state index in [0.717, 1.165) is 4.68 Å². The van der Waals surface area contributed by atoms with Crippen molar-refractivity contribution >= 4 is 38.7 Å². The van der Waals surface area contributed by atoms with Crippen LogP contribution in [0.25, 0.3) is 10.9 Å². The number of carbonyl (C=O) groups is 1. The second kappa shape index (κ2) is 4.48. The number of fused-ring (bicyclic) bond motifs is 1. The summed E-state index contributed by atoms with van der Waals surface area (Å²) in [6.07, 6.45) is -0.697. The smallest absolute Gasteiger partial charge is 0.437 e. The van der Waals surface area contributed by atoms with Gasteiger partial charge in [-0.2, -0.15) is 5.10 Å². The Balaban J connectivity index is 2.51. The highest BCUT2D eigenvalue weighted by Gasteiger charge is 2.22. The van der Waals surface area contributed by atoms with E-state index in [1.54, 1.807) is 20.8 Å². The third-order valence-corrected chi connectivity index (χ3v) is 2.92. The van der Waals surface area contributed by atoms with Gasteiger partial charge in [-0.05, 0) is 48.8 Å². The fourth-order valence-corrected chi connectivity index (χ4v) is 1.88. The van der Waals surface area contributed by atoms with E-state index in [4.69, 9.17) is 10.5 Å². The molecule has 2 N–H and O–H groups in total. The molecule has 1 aromatic heterocycles. The standard InChI is InChI=1S/C12H13BrFN3O2/c1-12(2,3)19-11(18)17-10(15)6-4-8(14)7(13)5-9(6)16-17/h4-5H,15H2,1-3H3. The van der Waals surface area contributed by atoms with Crippen molar-refractivity contribution in [2.75, 3.05) is 5.73 Å². The summed E-state index contributed by atoms with van der Waals surface area (Å²) in [7, 11) is 0. The molecule has 0 bridgehead atoms. The molecule has 0 aliphatic rings. The first-order chi connectivity index (χ1) is 8.69. The summed E-state index contributed by atoms with van der Waals surface area (Å²) in [4.78, 5) is 11.9. The van der Waals surface area contributed by atoms with E-state index in [-0.39, 0.29) is 10.3 Å². The predicted octanol–water partition coefficient (Wildman–Crippen LogP) is 3.30. The largest absolute Gasteiger partial charge is 0.442 e. The van der Waals surface area contributed by atoms with Crippen LogP contribution in [0.2, 0.25) is 0 Å². The maximum absolute atomic E-state index is 13.5. The van der Waals surface area contributed by atoms with Crippen LogP contribution in [-0.2, 0) is 4.74 Å². The van der Waals surface area contributed by atoms with E-state index in [0.29, 0.717) is 10.9 Å². The van der Waals surface area contributed by atoms with Gasteiger partial charge in [0.15, 0.2) is 0 Å². The summed E-state index contributed by atoms with van der Waals surface area (Å²) < 4.78 is 19.8. The summed E-state index contributed by atoms with van der Waals surface area (Å²) in [5, 5.41) is 4.39. The molecular weight excluding hydrogens is 317 g/mol. The third kappa shape index (κ3) is 2.70. The second-order valence-electron chi connectivity index (χ2n) is 5.06. The molecule has 0 aliphatic carbocycles. The fourth-order valence-electron chi connectivity index (χ4n) is 1.54. The van der Waals surface area contributed by atoms with Crippen molar-refractivity contribution in [3.63, 3.8) is 0 Å². The van der Waals surface area contributed by atoms with Crippen LogP contribution in [0, 0.1) is 5.82 Å². The van der Waals surface area contributed by atoms with Crippen molar-refractivity contribution in [2.24, 2.45) is 0 Å². The molecule has 0 unspecified atom stereocenters. The molecule has 1 aromatic carbocycles. The number of hydrogen-bond acceptors (Lipinski definition) is 4. The summed E-state index contributed by atoms with van der Waals surface area (Å²) in [6, 6.07) is 2.69. The number of anilines is 1. The maximum atomic E-state index is 13.5. The molecular formula is C12H13BrFN3O2. The molecule has 0 saturated carbocycles. The lowest BCUT2D eigenvalue weighted by Crippen LogP contribution is -2.28. The topological polar surface area (TPSA) is 70.1 Å². The van der Waals surface area contributed by atoms with Crippen molar-refractivity contribution in [1.82, 2.24) is 9.78 Å². The van der Waals surface area contributed by atoms with Gasteiger partial charge in [-0.1, -0.05) is 0 Å². The molecule has 0 spiro atoms. The first kappa shape index (κ1) is 13.8. The fraction of sp³-hybridized carbons (Fsp3) is 0.333. The van der Waals surface area contributed by atoms with Crippen LogP contribution in [0.1, 0.15) is 20.8 Å². The molecule has 0 fully saturated rings. The Morgan fingerprint density at radius 1 is 1.47 bits per heavy atom. The Kier molecular flexibility index (Phi) is 3.25. The van der Waals surface area contributed by atoms with Gasteiger partial charge >= 0.3 is 6.09 Å². The molecule has 2 rings (SSSR count). The number of carbonyl (C=O) groups excluding carboxylic acids is 1. The number of nitrogens with zero attached hydrogens (tertiary/aromatic N) is 2. The average molecular weight is 330 g/mol. The number of hydrogen-bond donors (Lipinski definition) is 1. The summed E-state index contributed by atoms with van der Waals surface area (Å²) >= 11 is 3.05. The summed E-state index contributed by atoms with van der Waals surface area (Å²) in [5.41, 5.74) is 5.55. The monoisotopic (exact) mass is 329 g/mol. The number of nitrogens with two attached hydrogens (primary N) is 1. The zero-order valence-electron chi connectivity index (χ0n) is 10.7. The van der Waals surface area contributed by atoms with E-state index in [1.807, 2.05) is 0 Å². The van der Waals surface area contributed by atoms with Crippen molar-refractivity contribution in [2.45, 2.75) is 26.4 Å². The Morgan fingerprint density at radius 3 is 2.68 bits per heavy atom.